The second-order valence-electron chi connectivity index (χ2n) is 7.34. The number of hydrogen-bond donors (Lipinski definition) is 0. The lowest BCUT2D eigenvalue weighted by molar-refractivity contribution is 0.0108. The predicted molar refractivity (Wildman–Crippen MR) is 95.6 cm³/mol. The number of halogens is 1. The normalized spacial score (nSPS) is 18.4. The predicted octanol–water partition coefficient (Wildman–Crippen LogP) is 3.66. The van der Waals surface area contributed by atoms with E-state index in [2.05, 4.69) is 9.97 Å². The Labute approximate surface area is 149 Å². The average Bonchev–Trinajstić information content (AvgIpc) is 2.44. The van der Waals surface area contributed by atoms with E-state index in [1.807, 2.05) is 50.6 Å². The zero-order valence-electron chi connectivity index (χ0n) is 15.2. The minimum Gasteiger partial charge on any atom is -0.444 e. The monoisotopic (exact) mass is 354 g/mol. The van der Waals surface area contributed by atoms with Gasteiger partial charge in [0.25, 0.3) is 0 Å². The van der Waals surface area contributed by atoms with Crippen molar-refractivity contribution in [2.45, 2.75) is 58.6 Å². The Morgan fingerprint density at radius 3 is 2.75 bits per heavy atom. The van der Waals surface area contributed by atoms with Crippen LogP contribution in [0.3, 0.4) is 0 Å². The Bertz CT molecular complexity index is 568. The molecule has 1 atom stereocenters. The van der Waals surface area contributed by atoms with Crippen LogP contribution in [0.2, 0.25) is 5.28 Å². The van der Waals surface area contributed by atoms with Gasteiger partial charge in [0, 0.05) is 31.9 Å². The average molecular weight is 355 g/mol. The molecule has 1 aliphatic heterocycles. The van der Waals surface area contributed by atoms with E-state index in [1.54, 1.807) is 0 Å². The lowest BCUT2D eigenvalue weighted by atomic mass is 10.0. The van der Waals surface area contributed by atoms with Gasteiger partial charge in [-0.3, -0.25) is 0 Å². The Morgan fingerprint density at radius 2 is 2.12 bits per heavy atom. The van der Waals surface area contributed by atoms with E-state index in [-0.39, 0.29) is 17.4 Å². The van der Waals surface area contributed by atoms with Gasteiger partial charge in [-0.15, -0.1) is 0 Å². The highest BCUT2D eigenvalue weighted by molar-refractivity contribution is 6.28. The van der Waals surface area contributed by atoms with Crippen LogP contribution in [-0.2, 0) is 4.74 Å². The molecular formula is C17H27ClN4O2. The van der Waals surface area contributed by atoms with Crippen LogP contribution in [0.1, 0.15) is 45.7 Å². The number of amides is 1. The number of likely N-dealkylation sites (tertiary alicyclic amines) is 1. The summed E-state index contributed by atoms with van der Waals surface area (Å²) in [4.78, 5) is 24.7. The molecule has 24 heavy (non-hydrogen) atoms. The van der Waals surface area contributed by atoms with Crippen molar-refractivity contribution in [2.24, 2.45) is 0 Å². The van der Waals surface area contributed by atoms with Gasteiger partial charge in [0.05, 0.1) is 6.04 Å². The molecule has 1 aromatic heterocycles. The van der Waals surface area contributed by atoms with Gasteiger partial charge in [0.2, 0.25) is 5.28 Å². The maximum absolute atomic E-state index is 12.5. The van der Waals surface area contributed by atoms with E-state index in [0.29, 0.717) is 6.54 Å². The van der Waals surface area contributed by atoms with Gasteiger partial charge >= 0.3 is 6.09 Å². The van der Waals surface area contributed by atoms with Crippen molar-refractivity contribution < 1.29 is 9.53 Å². The van der Waals surface area contributed by atoms with Crippen LogP contribution in [0.4, 0.5) is 10.6 Å². The van der Waals surface area contributed by atoms with Crippen LogP contribution >= 0.6 is 11.6 Å². The standard InChI is InChI=1S/C17H27ClN4O2/c1-12-10-14(20-15(18)19-12)21(5)11-13-8-6-7-9-22(13)16(23)24-17(2,3)4/h10,13H,6-9,11H2,1-5H3/t13-/m1/s1. The molecule has 1 fully saturated rings. The van der Waals surface area contributed by atoms with Gasteiger partial charge in [-0.25, -0.2) is 14.8 Å². The number of aromatic nitrogens is 2. The third-order valence-corrected chi connectivity index (χ3v) is 4.11. The molecule has 0 N–H and O–H groups in total. The first-order valence-electron chi connectivity index (χ1n) is 8.37. The fourth-order valence-corrected chi connectivity index (χ4v) is 3.09. The fraction of sp³-hybridized carbons (Fsp3) is 0.706. The number of anilines is 1. The SMILES string of the molecule is Cc1cc(N(C)C[C@H]2CCCCN2C(=O)OC(C)(C)C)nc(Cl)n1. The number of nitrogens with zero attached hydrogens (tertiary/aromatic N) is 4. The van der Waals surface area contributed by atoms with E-state index < -0.39 is 5.60 Å². The summed E-state index contributed by atoms with van der Waals surface area (Å²) >= 11 is 5.96. The van der Waals surface area contributed by atoms with Gasteiger partial charge < -0.3 is 14.5 Å². The first-order chi connectivity index (χ1) is 11.2. The Morgan fingerprint density at radius 1 is 1.42 bits per heavy atom. The quantitative estimate of drug-likeness (QED) is 0.775. The van der Waals surface area contributed by atoms with Crippen LogP contribution in [0.25, 0.3) is 0 Å². The summed E-state index contributed by atoms with van der Waals surface area (Å²) in [6, 6.07) is 2.00. The topological polar surface area (TPSA) is 58.6 Å². The largest absolute Gasteiger partial charge is 0.444 e. The Hall–Kier alpha value is -1.56. The number of ether oxygens (including phenoxy) is 1. The molecule has 2 heterocycles. The van der Waals surface area contributed by atoms with Crippen LogP contribution in [0, 0.1) is 6.92 Å². The molecule has 0 bridgehead atoms. The number of rotatable bonds is 3. The highest BCUT2D eigenvalue weighted by Crippen LogP contribution is 2.23. The molecule has 134 valence electrons. The van der Waals surface area contributed by atoms with E-state index in [4.69, 9.17) is 16.3 Å². The molecule has 0 aromatic carbocycles. The molecule has 1 saturated heterocycles. The van der Waals surface area contributed by atoms with Crippen molar-refractivity contribution in [1.82, 2.24) is 14.9 Å². The second-order valence-corrected chi connectivity index (χ2v) is 7.68. The summed E-state index contributed by atoms with van der Waals surface area (Å²) in [5.41, 5.74) is 0.340. The molecular weight excluding hydrogens is 328 g/mol. The number of carbonyl (C=O) groups is 1. The maximum Gasteiger partial charge on any atom is 0.410 e. The van der Waals surface area contributed by atoms with E-state index in [9.17, 15) is 4.79 Å². The number of piperidine rings is 1. The van der Waals surface area contributed by atoms with Crippen molar-refractivity contribution in [3.8, 4) is 0 Å². The number of hydrogen-bond acceptors (Lipinski definition) is 5. The molecule has 1 aliphatic rings. The molecule has 6 nitrogen and oxygen atoms in total. The van der Waals surface area contributed by atoms with Gasteiger partial charge in [-0.2, -0.15) is 0 Å². The molecule has 0 spiro atoms. The summed E-state index contributed by atoms with van der Waals surface area (Å²) in [7, 11) is 1.96. The van der Waals surface area contributed by atoms with Crippen LogP contribution in [0.15, 0.2) is 6.07 Å². The van der Waals surface area contributed by atoms with Gasteiger partial charge in [-0.1, -0.05) is 0 Å². The summed E-state index contributed by atoms with van der Waals surface area (Å²) in [6.07, 6.45) is 2.85. The smallest absolute Gasteiger partial charge is 0.410 e. The van der Waals surface area contributed by atoms with Gasteiger partial charge in [0.15, 0.2) is 0 Å². The van der Waals surface area contributed by atoms with Crippen molar-refractivity contribution >= 4 is 23.5 Å². The zero-order valence-corrected chi connectivity index (χ0v) is 15.9. The number of likely N-dealkylation sites (N-methyl/N-ethyl adjacent to an activating group) is 1. The minimum absolute atomic E-state index is 0.104. The van der Waals surface area contributed by atoms with Crippen molar-refractivity contribution in [3.05, 3.63) is 17.0 Å². The summed E-state index contributed by atoms with van der Waals surface area (Å²) in [5, 5.41) is 0.240. The highest BCUT2D eigenvalue weighted by Gasteiger charge is 2.31. The van der Waals surface area contributed by atoms with Crippen molar-refractivity contribution in [2.75, 3.05) is 25.0 Å². The Kier molecular flexibility index (Phi) is 5.91. The second kappa shape index (κ2) is 7.55. The maximum atomic E-state index is 12.5. The molecule has 1 amide bonds. The third kappa shape index (κ3) is 5.23. The number of carbonyl (C=O) groups excluding carboxylic acids is 1. The summed E-state index contributed by atoms with van der Waals surface area (Å²) < 4.78 is 5.55. The first-order valence-corrected chi connectivity index (χ1v) is 8.75. The molecule has 0 saturated carbocycles. The van der Waals surface area contributed by atoms with Gasteiger partial charge in [-0.05, 0) is 58.6 Å². The minimum atomic E-state index is -0.484. The van der Waals surface area contributed by atoms with E-state index >= 15 is 0 Å². The molecule has 0 unspecified atom stereocenters. The summed E-state index contributed by atoms with van der Waals surface area (Å²) in [6.45, 7) is 8.98. The molecule has 1 aromatic rings. The first kappa shape index (κ1) is 18.8. The third-order valence-electron chi connectivity index (χ3n) is 3.94. The van der Waals surface area contributed by atoms with Crippen molar-refractivity contribution in [3.63, 3.8) is 0 Å². The Balaban J connectivity index is 2.08. The lowest BCUT2D eigenvalue weighted by Gasteiger charge is -2.38. The molecule has 2 rings (SSSR count). The molecule has 7 heteroatoms. The van der Waals surface area contributed by atoms with Gasteiger partial charge in [0.1, 0.15) is 11.4 Å². The van der Waals surface area contributed by atoms with E-state index in [0.717, 1.165) is 37.3 Å². The summed E-state index contributed by atoms with van der Waals surface area (Å²) in [5.74, 6) is 0.766. The van der Waals surface area contributed by atoms with E-state index in [1.165, 1.54) is 0 Å². The fourth-order valence-electron chi connectivity index (χ4n) is 2.87. The van der Waals surface area contributed by atoms with Crippen molar-refractivity contribution in [1.29, 1.82) is 0 Å². The van der Waals surface area contributed by atoms with Crippen LogP contribution in [0.5, 0.6) is 0 Å². The van der Waals surface area contributed by atoms with Crippen LogP contribution in [-0.4, -0.2) is 52.7 Å². The van der Waals surface area contributed by atoms with Crippen LogP contribution < -0.4 is 4.90 Å². The zero-order chi connectivity index (χ0) is 17.9. The molecule has 0 radical (unpaired) electrons. The lowest BCUT2D eigenvalue weighted by Crippen LogP contribution is -2.50. The highest BCUT2D eigenvalue weighted by atomic mass is 35.5. The molecule has 0 aliphatic carbocycles. The number of aryl methyl sites for hydroxylation is 1.